The summed E-state index contributed by atoms with van der Waals surface area (Å²) in [6.45, 7) is 3.14. The third kappa shape index (κ3) is 8.18. The highest BCUT2D eigenvalue weighted by molar-refractivity contribution is 6.31. The molecule has 2 aromatic rings. The van der Waals surface area contributed by atoms with Gasteiger partial charge in [-0.15, -0.1) is 0 Å². The van der Waals surface area contributed by atoms with Gasteiger partial charge in [0, 0.05) is 24.1 Å². The molecule has 0 spiro atoms. The number of carbonyl (C=O) groups excluding carboxylic acids is 3. The Labute approximate surface area is 185 Å². The maximum atomic E-state index is 12.1. The van der Waals surface area contributed by atoms with Crippen LogP contribution in [0.25, 0.3) is 0 Å². The van der Waals surface area contributed by atoms with Gasteiger partial charge in [0.1, 0.15) is 11.5 Å². The number of methoxy groups -OCH3 is 1. The fraction of sp³-hybridized carbons (Fsp3) is 0.318. The van der Waals surface area contributed by atoms with Crippen molar-refractivity contribution in [2.24, 2.45) is 0 Å². The molecule has 166 valence electrons. The number of aryl methyl sites for hydroxylation is 1. The van der Waals surface area contributed by atoms with Gasteiger partial charge >= 0.3 is 5.97 Å². The van der Waals surface area contributed by atoms with Gasteiger partial charge in [0.2, 0.25) is 5.91 Å². The number of halogens is 1. The standard InChI is InChI=1S/C22H25ClN2O6/c1-14-11-17(7-8-18(14)23)30-10-4-5-22(28)31-13-21(27)25-19-12-16(24-15(2)26)6-9-20(19)29-3/h6-9,11-12H,4-5,10,13H2,1-3H3,(H,24,26)(H,25,27). The van der Waals surface area contributed by atoms with E-state index in [-0.39, 0.29) is 12.3 Å². The van der Waals surface area contributed by atoms with E-state index in [1.165, 1.54) is 14.0 Å². The number of amides is 2. The lowest BCUT2D eigenvalue weighted by atomic mass is 10.2. The number of anilines is 2. The normalized spacial score (nSPS) is 10.2. The first-order chi connectivity index (χ1) is 14.8. The summed E-state index contributed by atoms with van der Waals surface area (Å²) >= 11 is 5.97. The number of rotatable bonds is 10. The van der Waals surface area contributed by atoms with Crippen molar-refractivity contribution in [3.05, 3.63) is 47.0 Å². The molecule has 2 rings (SSSR count). The quantitative estimate of drug-likeness (QED) is 0.421. The fourth-order valence-corrected chi connectivity index (χ4v) is 2.72. The Morgan fingerprint density at radius 2 is 1.84 bits per heavy atom. The summed E-state index contributed by atoms with van der Waals surface area (Å²) in [6.07, 6.45) is 0.551. The molecule has 0 saturated heterocycles. The molecule has 0 fully saturated rings. The third-order valence-electron chi connectivity index (χ3n) is 4.08. The minimum Gasteiger partial charge on any atom is -0.495 e. The van der Waals surface area contributed by atoms with E-state index < -0.39 is 18.5 Å². The van der Waals surface area contributed by atoms with Gasteiger partial charge in [-0.1, -0.05) is 11.6 Å². The molecular formula is C22H25ClN2O6. The van der Waals surface area contributed by atoms with Gasteiger partial charge < -0.3 is 24.8 Å². The Kier molecular flexibility index (Phi) is 9.14. The van der Waals surface area contributed by atoms with Crippen LogP contribution in [0.5, 0.6) is 11.5 Å². The van der Waals surface area contributed by atoms with Crippen molar-refractivity contribution >= 4 is 40.8 Å². The predicted molar refractivity (Wildman–Crippen MR) is 118 cm³/mol. The first-order valence-electron chi connectivity index (χ1n) is 9.58. The largest absolute Gasteiger partial charge is 0.495 e. The summed E-state index contributed by atoms with van der Waals surface area (Å²) in [5, 5.41) is 5.88. The van der Waals surface area contributed by atoms with Crippen LogP contribution in [0.1, 0.15) is 25.3 Å². The molecular weight excluding hydrogens is 424 g/mol. The van der Waals surface area contributed by atoms with Crippen molar-refractivity contribution in [1.29, 1.82) is 0 Å². The van der Waals surface area contributed by atoms with Crippen LogP contribution in [0.2, 0.25) is 5.02 Å². The number of esters is 1. The van der Waals surface area contributed by atoms with Crippen molar-refractivity contribution in [3.8, 4) is 11.5 Å². The second-order valence-corrected chi connectivity index (χ2v) is 7.08. The van der Waals surface area contributed by atoms with E-state index in [1.807, 2.05) is 13.0 Å². The smallest absolute Gasteiger partial charge is 0.306 e. The van der Waals surface area contributed by atoms with Crippen molar-refractivity contribution in [1.82, 2.24) is 0 Å². The fourth-order valence-electron chi connectivity index (χ4n) is 2.60. The van der Waals surface area contributed by atoms with Gasteiger partial charge in [0.25, 0.3) is 5.91 Å². The zero-order valence-corrected chi connectivity index (χ0v) is 18.4. The number of hydrogen-bond donors (Lipinski definition) is 2. The summed E-state index contributed by atoms with van der Waals surface area (Å²) < 4.78 is 15.8. The highest BCUT2D eigenvalue weighted by atomic mass is 35.5. The number of carbonyl (C=O) groups is 3. The number of benzene rings is 2. The second kappa shape index (κ2) is 11.8. The third-order valence-corrected chi connectivity index (χ3v) is 4.51. The monoisotopic (exact) mass is 448 g/mol. The lowest BCUT2D eigenvalue weighted by Gasteiger charge is -2.12. The average molecular weight is 449 g/mol. The predicted octanol–water partition coefficient (Wildman–Crippen LogP) is 3.96. The summed E-state index contributed by atoms with van der Waals surface area (Å²) in [4.78, 5) is 35.2. The molecule has 0 aliphatic rings. The minimum atomic E-state index is -0.528. The molecule has 0 saturated carbocycles. The van der Waals surface area contributed by atoms with Gasteiger partial charge in [-0.2, -0.15) is 0 Å². The second-order valence-electron chi connectivity index (χ2n) is 6.67. The SMILES string of the molecule is COc1ccc(NC(C)=O)cc1NC(=O)COC(=O)CCCOc1ccc(Cl)c(C)c1. The van der Waals surface area contributed by atoms with Crippen LogP contribution >= 0.6 is 11.6 Å². The molecule has 2 amide bonds. The van der Waals surface area contributed by atoms with Crippen LogP contribution in [0.3, 0.4) is 0 Å². The number of hydrogen-bond acceptors (Lipinski definition) is 6. The van der Waals surface area contributed by atoms with E-state index in [1.54, 1.807) is 30.3 Å². The Bertz CT molecular complexity index is 948. The zero-order valence-electron chi connectivity index (χ0n) is 17.6. The number of nitrogens with one attached hydrogen (secondary N) is 2. The highest BCUT2D eigenvalue weighted by Gasteiger charge is 2.12. The van der Waals surface area contributed by atoms with Gasteiger partial charge in [-0.05, 0) is 55.3 Å². The van der Waals surface area contributed by atoms with Crippen LogP contribution in [0.4, 0.5) is 11.4 Å². The van der Waals surface area contributed by atoms with Crippen LogP contribution in [0.15, 0.2) is 36.4 Å². The Hall–Kier alpha value is -3.26. The minimum absolute atomic E-state index is 0.112. The number of ether oxygens (including phenoxy) is 3. The van der Waals surface area contributed by atoms with E-state index >= 15 is 0 Å². The molecule has 31 heavy (non-hydrogen) atoms. The Balaban J connectivity index is 1.74. The molecule has 0 aliphatic carbocycles. The van der Waals surface area contributed by atoms with E-state index in [4.69, 9.17) is 25.8 Å². The van der Waals surface area contributed by atoms with Crippen LogP contribution in [-0.4, -0.2) is 38.1 Å². The maximum absolute atomic E-state index is 12.1. The molecule has 2 aromatic carbocycles. The Morgan fingerprint density at radius 3 is 2.52 bits per heavy atom. The molecule has 0 aromatic heterocycles. The van der Waals surface area contributed by atoms with E-state index in [0.29, 0.717) is 40.9 Å². The van der Waals surface area contributed by atoms with Crippen molar-refractivity contribution in [3.63, 3.8) is 0 Å². The first-order valence-corrected chi connectivity index (χ1v) is 9.96. The molecule has 0 heterocycles. The summed E-state index contributed by atoms with van der Waals surface area (Å²) in [5.74, 6) is -0.204. The molecule has 0 bridgehead atoms. The topological polar surface area (TPSA) is 103 Å². The van der Waals surface area contributed by atoms with Crippen LogP contribution < -0.4 is 20.1 Å². The molecule has 0 radical (unpaired) electrons. The summed E-state index contributed by atoms with van der Waals surface area (Å²) in [7, 11) is 1.45. The molecule has 0 aliphatic heterocycles. The van der Waals surface area contributed by atoms with Gasteiger partial charge in [0.15, 0.2) is 6.61 Å². The highest BCUT2D eigenvalue weighted by Crippen LogP contribution is 2.28. The average Bonchev–Trinajstić information content (AvgIpc) is 2.72. The molecule has 2 N–H and O–H groups in total. The van der Waals surface area contributed by atoms with Crippen molar-refractivity contribution in [2.45, 2.75) is 26.7 Å². The lowest BCUT2D eigenvalue weighted by Crippen LogP contribution is -2.21. The van der Waals surface area contributed by atoms with Gasteiger partial charge in [-0.3, -0.25) is 14.4 Å². The van der Waals surface area contributed by atoms with Gasteiger partial charge in [-0.25, -0.2) is 0 Å². The zero-order chi connectivity index (χ0) is 22.8. The molecule has 0 unspecified atom stereocenters. The maximum Gasteiger partial charge on any atom is 0.306 e. The molecule has 9 heteroatoms. The lowest BCUT2D eigenvalue weighted by molar-refractivity contribution is -0.147. The van der Waals surface area contributed by atoms with E-state index in [2.05, 4.69) is 10.6 Å². The van der Waals surface area contributed by atoms with E-state index in [0.717, 1.165) is 5.56 Å². The van der Waals surface area contributed by atoms with E-state index in [9.17, 15) is 14.4 Å². The van der Waals surface area contributed by atoms with Crippen LogP contribution in [-0.2, 0) is 19.1 Å². The summed E-state index contributed by atoms with van der Waals surface area (Å²) in [5.41, 5.74) is 1.75. The summed E-state index contributed by atoms with van der Waals surface area (Å²) in [6, 6.07) is 10.1. The molecule has 8 nitrogen and oxygen atoms in total. The molecule has 0 atom stereocenters. The first kappa shape index (κ1) is 24.0. The van der Waals surface area contributed by atoms with Gasteiger partial charge in [0.05, 0.1) is 19.4 Å². The van der Waals surface area contributed by atoms with Crippen LogP contribution in [0, 0.1) is 6.92 Å². The van der Waals surface area contributed by atoms with Crippen molar-refractivity contribution < 1.29 is 28.6 Å². The Morgan fingerprint density at radius 1 is 1.06 bits per heavy atom. The van der Waals surface area contributed by atoms with Crippen molar-refractivity contribution in [2.75, 3.05) is 31.0 Å².